The van der Waals surface area contributed by atoms with Crippen LogP contribution in [0.3, 0.4) is 0 Å². The molecule has 1 heterocycles. The van der Waals surface area contributed by atoms with Crippen molar-refractivity contribution in [3.63, 3.8) is 0 Å². The van der Waals surface area contributed by atoms with Crippen molar-refractivity contribution in [1.82, 2.24) is 4.90 Å². The molecule has 1 aliphatic heterocycles. The zero-order chi connectivity index (χ0) is 14.1. The molecular formula is C17H23NO2. The predicted molar refractivity (Wildman–Crippen MR) is 78.6 cm³/mol. The van der Waals surface area contributed by atoms with Gasteiger partial charge in [-0.2, -0.15) is 0 Å². The monoisotopic (exact) mass is 273 g/mol. The van der Waals surface area contributed by atoms with Gasteiger partial charge in [0.2, 0.25) is 0 Å². The molecule has 3 rings (SSSR count). The van der Waals surface area contributed by atoms with Crippen LogP contribution in [0.4, 0.5) is 0 Å². The van der Waals surface area contributed by atoms with Gasteiger partial charge in [0, 0.05) is 19.1 Å². The first-order valence-electron chi connectivity index (χ1n) is 7.71. The fourth-order valence-electron chi connectivity index (χ4n) is 3.86. The highest BCUT2D eigenvalue weighted by Gasteiger charge is 2.38. The number of rotatable bonds is 2. The van der Waals surface area contributed by atoms with E-state index in [4.69, 9.17) is 0 Å². The molecule has 1 aliphatic carbocycles. The Balaban J connectivity index is 1.86. The highest BCUT2D eigenvalue weighted by molar-refractivity contribution is 5.71. The summed E-state index contributed by atoms with van der Waals surface area (Å²) in [5.41, 5.74) is 2.89. The van der Waals surface area contributed by atoms with Crippen LogP contribution in [0.2, 0.25) is 0 Å². The largest absolute Gasteiger partial charge is 0.481 e. The maximum absolute atomic E-state index is 11.3. The van der Waals surface area contributed by atoms with Gasteiger partial charge in [-0.05, 0) is 36.3 Å². The van der Waals surface area contributed by atoms with Crippen LogP contribution in [0.15, 0.2) is 24.3 Å². The number of nitrogens with zero attached hydrogens (tertiary/aromatic N) is 1. The molecule has 1 N–H and O–H groups in total. The Morgan fingerprint density at radius 2 is 2.05 bits per heavy atom. The Bertz CT molecular complexity index is 500. The second-order valence-electron chi connectivity index (χ2n) is 6.34. The normalized spacial score (nSPS) is 30.8. The van der Waals surface area contributed by atoms with Crippen molar-refractivity contribution in [1.29, 1.82) is 0 Å². The molecule has 1 aromatic carbocycles. The Morgan fingerprint density at radius 1 is 1.25 bits per heavy atom. The van der Waals surface area contributed by atoms with Gasteiger partial charge in [-0.15, -0.1) is 0 Å². The number of likely N-dealkylation sites (tertiary alicyclic amines) is 1. The molecule has 0 saturated carbocycles. The zero-order valence-electron chi connectivity index (χ0n) is 12.1. The number of carboxylic acids is 1. The van der Waals surface area contributed by atoms with E-state index in [-0.39, 0.29) is 11.8 Å². The van der Waals surface area contributed by atoms with Crippen LogP contribution in [-0.2, 0) is 11.2 Å². The van der Waals surface area contributed by atoms with Gasteiger partial charge in [0.05, 0.1) is 5.92 Å². The van der Waals surface area contributed by atoms with Crippen LogP contribution in [0, 0.1) is 11.8 Å². The minimum Gasteiger partial charge on any atom is -0.481 e. The number of fused-ring (bicyclic) bond motifs is 1. The quantitative estimate of drug-likeness (QED) is 0.842. The number of aliphatic carboxylic acids is 1. The summed E-state index contributed by atoms with van der Waals surface area (Å²) in [4.78, 5) is 13.7. The minimum atomic E-state index is -0.637. The van der Waals surface area contributed by atoms with Crippen LogP contribution in [0.5, 0.6) is 0 Å². The molecule has 0 radical (unpaired) electrons. The number of hydrogen-bond acceptors (Lipinski definition) is 2. The maximum Gasteiger partial charge on any atom is 0.308 e. The number of benzene rings is 1. The number of aryl methyl sites for hydroxylation is 1. The predicted octanol–water partition coefficient (Wildman–Crippen LogP) is 3.11. The van der Waals surface area contributed by atoms with Crippen LogP contribution in [0.1, 0.15) is 43.4 Å². The van der Waals surface area contributed by atoms with Gasteiger partial charge in [-0.3, -0.25) is 9.69 Å². The average Bonchev–Trinajstić information content (AvgIpc) is 2.70. The van der Waals surface area contributed by atoms with E-state index in [9.17, 15) is 9.90 Å². The Morgan fingerprint density at radius 3 is 2.80 bits per heavy atom. The van der Waals surface area contributed by atoms with Crippen molar-refractivity contribution in [3.8, 4) is 0 Å². The van der Waals surface area contributed by atoms with Crippen molar-refractivity contribution in [3.05, 3.63) is 35.4 Å². The SMILES string of the molecule is CC1CN(C2CCCCc3ccccc32)CC1C(=O)O. The first kappa shape index (κ1) is 13.6. The fourth-order valence-corrected chi connectivity index (χ4v) is 3.86. The maximum atomic E-state index is 11.3. The fraction of sp³-hybridized carbons (Fsp3) is 0.588. The van der Waals surface area contributed by atoms with Crippen molar-refractivity contribution < 1.29 is 9.90 Å². The number of carbonyl (C=O) groups is 1. The second kappa shape index (κ2) is 5.57. The van der Waals surface area contributed by atoms with Gasteiger partial charge >= 0.3 is 5.97 Å². The van der Waals surface area contributed by atoms with Crippen LogP contribution < -0.4 is 0 Å². The lowest BCUT2D eigenvalue weighted by Crippen LogP contribution is -2.28. The van der Waals surface area contributed by atoms with Crippen LogP contribution >= 0.6 is 0 Å². The summed E-state index contributed by atoms with van der Waals surface area (Å²) < 4.78 is 0. The highest BCUT2D eigenvalue weighted by atomic mass is 16.4. The molecule has 3 atom stereocenters. The third-order valence-corrected chi connectivity index (χ3v) is 4.99. The van der Waals surface area contributed by atoms with Gasteiger partial charge in [-0.1, -0.05) is 37.6 Å². The van der Waals surface area contributed by atoms with E-state index in [2.05, 4.69) is 36.1 Å². The summed E-state index contributed by atoms with van der Waals surface area (Å²) in [6, 6.07) is 9.13. The van der Waals surface area contributed by atoms with Crippen LogP contribution in [0.25, 0.3) is 0 Å². The standard InChI is InChI=1S/C17H23NO2/c1-12-10-18(11-15(12)17(19)20)16-9-5-3-7-13-6-2-4-8-14(13)16/h2,4,6,8,12,15-16H,3,5,7,9-11H2,1H3,(H,19,20). The molecule has 1 aromatic rings. The van der Waals surface area contributed by atoms with E-state index in [1.165, 1.54) is 30.4 Å². The third kappa shape index (κ3) is 2.47. The van der Waals surface area contributed by atoms with Crippen molar-refractivity contribution in [2.24, 2.45) is 11.8 Å². The molecule has 108 valence electrons. The molecule has 2 aliphatic rings. The number of hydrogen-bond donors (Lipinski definition) is 1. The van der Waals surface area contributed by atoms with E-state index in [0.717, 1.165) is 13.0 Å². The summed E-state index contributed by atoms with van der Waals surface area (Å²) in [5.74, 6) is -0.588. The molecule has 0 aromatic heterocycles. The molecule has 20 heavy (non-hydrogen) atoms. The first-order valence-corrected chi connectivity index (χ1v) is 7.71. The van der Waals surface area contributed by atoms with E-state index >= 15 is 0 Å². The van der Waals surface area contributed by atoms with Gasteiger partial charge in [0.15, 0.2) is 0 Å². The average molecular weight is 273 g/mol. The van der Waals surface area contributed by atoms with Crippen molar-refractivity contribution >= 4 is 5.97 Å². The summed E-state index contributed by atoms with van der Waals surface area (Å²) in [5, 5.41) is 9.32. The molecule has 3 unspecified atom stereocenters. The zero-order valence-corrected chi connectivity index (χ0v) is 12.1. The topological polar surface area (TPSA) is 40.5 Å². The Labute approximate surface area is 120 Å². The summed E-state index contributed by atoms with van der Waals surface area (Å²) in [7, 11) is 0. The smallest absolute Gasteiger partial charge is 0.308 e. The molecule has 0 amide bonds. The highest BCUT2D eigenvalue weighted by Crippen LogP contribution is 2.37. The second-order valence-corrected chi connectivity index (χ2v) is 6.34. The molecule has 1 saturated heterocycles. The molecular weight excluding hydrogens is 250 g/mol. The third-order valence-electron chi connectivity index (χ3n) is 4.99. The van der Waals surface area contributed by atoms with Gasteiger partial charge in [0.25, 0.3) is 0 Å². The lowest BCUT2D eigenvalue weighted by atomic mass is 9.98. The van der Waals surface area contributed by atoms with Crippen molar-refractivity contribution in [2.45, 2.75) is 38.6 Å². The lowest BCUT2D eigenvalue weighted by Gasteiger charge is -2.28. The van der Waals surface area contributed by atoms with Crippen LogP contribution in [-0.4, -0.2) is 29.1 Å². The summed E-state index contributed by atoms with van der Waals surface area (Å²) >= 11 is 0. The molecule has 3 nitrogen and oxygen atoms in total. The van der Waals surface area contributed by atoms with E-state index in [1.807, 2.05) is 0 Å². The van der Waals surface area contributed by atoms with E-state index in [0.29, 0.717) is 12.6 Å². The number of carboxylic acid groups (broad SMARTS) is 1. The van der Waals surface area contributed by atoms with Crippen molar-refractivity contribution in [2.75, 3.05) is 13.1 Å². The van der Waals surface area contributed by atoms with Gasteiger partial charge in [-0.25, -0.2) is 0 Å². The Hall–Kier alpha value is -1.35. The van der Waals surface area contributed by atoms with E-state index in [1.54, 1.807) is 0 Å². The molecule has 0 bridgehead atoms. The first-order chi connectivity index (χ1) is 9.66. The lowest BCUT2D eigenvalue weighted by molar-refractivity contribution is -0.142. The summed E-state index contributed by atoms with van der Waals surface area (Å²) in [6.45, 7) is 3.69. The van der Waals surface area contributed by atoms with Gasteiger partial charge in [0.1, 0.15) is 0 Å². The minimum absolute atomic E-state index is 0.203. The molecule has 3 heteroatoms. The summed E-state index contributed by atoms with van der Waals surface area (Å²) in [6.07, 6.45) is 4.82. The van der Waals surface area contributed by atoms with Gasteiger partial charge < -0.3 is 5.11 Å². The molecule has 1 fully saturated rings. The van der Waals surface area contributed by atoms with E-state index < -0.39 is 5.97 Å². The Kier molecular flexibility index (Phi) is 3.79. The molecule has 0 spiro atoms.